The van der Waals surface area contributed by atoms with Gasteiger partial charge in [0.1, 0.15) is 11.5 Å². The van der Waals surface area contributed by atoms with Crippen molar-refractivity contribution in [2.45, 2.75) is 6.54 Å². The van der Waals surface area contributed by atoms with E-state index in [1.54, 1.807) is 22.9 Å². The molecular weight excluding hydrogens is 315 g/mol. The van der Waals surface area contributed by atoms with Crippen molar-refractivity contribution in [3.63, 3.8) is 0 Å². The van der Waals surface area contributed by atoms with E-state index in [1.807, 2.05) is 0 Å². The van der Waals surface area contributed by atoms with Gasteiger partial charge in [-0.05, 0) is 23.8 Å². The summed E-state index contributed by atoms with van der Waals surface area (Å²) < 4.78 is 20.0. The van der Waals surface area contributed by atoms with E-state index in [2.05, 4.69) is 15.9 Å². The summed E-state index contributed by atoms with van der Waals surface area (Å²) in [6.45, 7) is 0.391. The molecule has 0 spiro atoms. The topological polar surface area (TPSA) is 57.2 Å². The third kappa shape index (κ3) is 2.96. The Hall–Kier alpha value is -1.82. The fourth-order valence-corrected chi connectivity index (χ4v) is 2.25. The summed E-state index contributed by atoms with van der Waals surface area (Å²) in [5, 5.41) is 0. The first-order chi connectivity index (χ1) is 9.01. The Morgan fingerprint density at radius 3 is 2.84 bits per heavy atom. The van der Waals surface area contributed by atoms with Crippen molar-refractivity contribution in [1.29, 1.82) is 0 Å². The molecule has 1 heterocycles. The minimum absolute atomic E-state index is 0.323. The largest absolute Gasteiger partial charge is 0.464 e. The van der Waals surface area contributed by atoms with Crippen LogP contribution in [0.5, 0.6) is 0 Å². The van der Waals surface area contributed by atoms with Gasteiger partial charge in [0.25, 0.3) is 0 Å². The van der Waals surface area contributed by atoms with Gasteiger partial charge in [-0.1, -0.05) is 22.0 Å². The monoisotopic (exact) mass is 326 g/mol. The number of ether oxygens (including phenoxy) is 1. The second-order valence-electron chi connectivity index (χ2n) is 4.01. The molecule has 0 aliphatic heterocycles. The van der Waals surface area contributed by atoms with E-state index in [0.717, 1.165) is 5.56 Å². The highest BCUT2D eigenvalue weighted by atomic mass is 79.9. The molecule has 2 aromatic rings. The van der Waals surface area contributed by atoms with Crippen LogP contribution in [0.1, 0.15) is 16.1 Å². The highest BCUT2D eigenvalue weighted by Gasteiger charge is 2.14. The third-order valence-corrected chi connectivity index (χ3v) is 3.41. The minimum Gasteiger partial charge on any atom is -0.464 e. The van der Waals surface area contributed by atoms with Crippen LogP contribution in [0.15, 0.2) is 34.9 Å². The molecule has 0 aliphatic carbocycles. The van der Waals surface area contributed by atoms with Crippen LogP contribution < -0.4 is 5.73 Å². The number of carbonyl (C=O) groups excluding carboxylic acids is 1. The molecule has 0 saturated carbocycles. The van der Waals surface area contributed by atoms with E-state index >= 15 is 0 Å². The first-order valence-corrected chi connectivity index (χ1v) is 6.28. The van der Waals surface area contributed by atoms with Gasteiger partial charge in [0.05, 0.1) is 12.8 Å². The molecule has 4 nitrogen and oxygen atoms in total. The van der Waals surface area contributed by atoms with Gasteiger partial charge in [-0.25, -0.2) is 9.18 Å². The fourth-order valence-electron chi connectivity index (χ4n) is 1.77. The molecule has 0 saturated heterocycles. The number of nitrogens with two attached hydrogens (primary N) is 1. The number of nitrogen functional groups attached to an aromatic ring is 1. The molecule has 0 unspecified atom stereocenters. The molecule has 100 valence electrons. The SMILES string of the molecule is COC(=O)c1cc(N)cn1Cc1ccc(F)cc1Br. The van der Waals surface area contributed by atoms with E-state index in [1.165, 1.54) is 19.2 Å². The molecule has 19 heavy (non-hydrogen) atoms. The zero-order valence-corrected chi connectivity index (χ0v) is 11.8. The summed E-state index contributed by atoms with van der Waals surface area (Å²) in [5.74, 6) is -0.786. The van der Waals surface area contributed by atoms with E-state index in [-0.39, 0.29) is 5.82 Å². The van der Waals surface area contributed by atoms with E-state index in [4.69, 9.17) is 10.5 Å². The molecule has 6 heteroatoms. The summed E-state index contributed by atoms with van der Waals surface area (Å²) >= 11 is 3.29. The Balaban J connectivity index is 2.35. The minimum atomic E-state index is -0.463. The maximum absolute atomic E-state index is 13.0. The van der Waals surface area contributed by atoms with Gasteiger partial charge in [-0.3, -0.25) is 0 Å². The highest BCUT2D eigenvalue weighted by molar-refractivity contribution is 9.10. The van der Waals surface area contributed by atoms with Crippen molar-refractivity contribution in [2.75, 3.05) is 12.8 Å². The van der Waals surface area contributed by atoms with Gasteiger partial charge < -0.3 is 15.0 Å². The Bertz CT molecular complexity index is 625. The second-order valence-corrected chi connectivity index (χ2v) is 4.87. The standard InChI is InChI=1S/C13H12BrFN2O2/c1-19-13(18)12-5-10(16)7-17(12)6-8-2-3-9(15)4-11(8)14/h2-5,7H,6,16H2,1H3. The predicted octanol–water partition coefficient (Wildman–Crippen LogP) is 2.81. The molecule has 0 aliphatic rings. The summed E-state index contributed by atoms with van der Waals surface area (Å²) in [6.07, 6.45) is 1.64. The molecule has 0 atom stereocenters. The van der Waals surface area contributed by atoms with Crippen LogP contribution in [0.25, 0.3) is 0 Å². The molecule has 2 rings (SSSR count). The smallest absolute Gasteiger partial charge is 0.354 e. The number of benzene rings is 1. The van der Waals surface area contributed by atoms with Gasteiger partial charge in [0.2, 0.25) is 0 Å². The number of anilines is 1. The number of aromatic nitrogens is 1. The normalized spacial score (nSPS) is 10.5. The summed E-state index contributed by atoms with van der Waals surface area (Å²) in [6, 6.07) is 5.94. The zero-order chi connectivity index (χ0) is 14.0. The number of rotatable bonds is 3. The van der Waals surface area contributed by atoms with Crippen molar-refractivity contribution < 1.29 is 13.9 Å². The zero-order valence-electron chi connectivity index (χ0n) is 10.2. The first kappa shape index (κ1) is 13.6. The number of hydrogen-bond acceptors (Lipinski definition) is 3. The average Bonchev–Trinajstić information content (AvgIpc) is 2.73. The Labute approximate surface area is 118 Å². The Morgan fingerprint density at radius 2 is 2.21 bits per heavy atom. The van der Waals surface area contributed by atoms with Crippen molar-refractivity contribution >= 4 is 27.6 Å². The maximum Gasteiger partial charge on any atom is 0.354 e. The van der Waals surface area contributed by atoms with Crippen molar-refractivity contribution in [3.05, 3.63) is 52.0 Å². The van der Waals surface area contributed by atoms with Gasteiger partial charge in [0.15, 0.2) is 0 Å². The first-order valence-electron chi connectivity index (χ1n) is 5.49. The fraction of sp³-hybridized carbons (Fsp3) is 0.154. The van der Waals surface area contributed by atoms with Crippen LogP contribution in [0.2, 0.25) is 0 Å². The van der Waals surface area contributed by atoms with Crippen LogP contribution >= 0.6 is 15.9 Å². The molecule has 2 N–H and O–H groups in total. The lowest BCUT2D eigenvalue weighted by atomic mass is 10.2. The molecule has 0 amide bonds. The van der Waals surface area contributed by atoms with Crippen molar-refractivity contribution in [3.8, 4) is 0 Å². The molecule has 1 aromatic heterocycles. The van der Waals surface area contributed by atoms with Crippen molar-refractivity contribution in [1.82, 2.24) is 4.57 Å². The molecular formula is C13H12BrFN2O2. The van der Waals surface area contributed by atoms with Crippen LogP contribution in [-0.4, -0.2) is 17.6 Å². The summed E-state index contributed by atoms with van der Waals surface area (Å²) in [7, 11) is 1.31. The number of halogens is 2. The molecule has 0 fully saturated rings. The van der Waals surface area contributed by atoms with E-state index in [9.17, 15) is 9.18 Å². The number of methoxy groups -OCH3 is 1. The van der Waals surface area contributed by atoms with Gasteiger partial charge in [-0.15, -0.1) is 0 Å². The lowest BCUT2D eigenvalue weighted by Crippen LogP contribution is -2.11. The van der Waals surface area contributed by atoms with E-state index < -0.39 is 5.97 Å². The lowest BCUT2D eigenvalue weighted by molar-refractivity contribution is 0.0589. The van der Waals surface area contributed by atoms with Crippen LogP contribution in [0, 0.1) is 5.82 Å². The van der Waals surface area contributed by atoms with Crippen molar-refractivity contribution in [2.24, 2.45) is 0 Å². The van der Waals surface area contributed by atoms with Crippen LogP contribution in [0.3, 0.4) is 0 Å². The number of hydrogen-bond donors (Lipinski definition) is 1. The summed E-state index contributed by atoms with van der Waals surface area (Å²) in [4.78, 5) is 11.6. The number of nitrogens with zero attached hydrogens (tertiary/aromatic N) is 1. The van der Waals surface area contributed by atoms with Gasteiger partial charge >= 0.3 is 5.97 Å². The lowest BCUT2D eigenvalue weighted by Gasteiger charge is -2.09. The Kier molecular flexibility index (Phi) is 3.90. The second kappa shape index (κ2) is 5.44. The third-order valence-electron chi connectivity index (χ3n) is 2.67. The Morgan fingerprint density at radius 1 is 1.47 bits per heavy atom. The predicted molar refractivity (Wildman–Crippen MR) is 73.4 cm³/mol. The maximum atomic E-state index is 13.0. The van der Waals surface area contributed by atoms with Gasteiger partial charge in [0, 0.05) is 17.2 Å². The summed E-state index contributed by atoms with van der Waals surface area (Å²) in [5.41, 5.74) is 7.35. The van der Waals surface area contributed by atoms with E-state index in [0.29, 0.717) is 22.4 Å². The van der Waals surface area contributed by atoms with Crippen LogP contribution in [0.4, 0.5) is 10.1 Å². The molecule has 1 aromatic carbocycles. The quantitative estimate of drug-likeness (QED) is 0.882. The highest BCUT2D eigenvalue weighted by Crippen LogP contribution is 2.21. The molecule has 0 bridgehead atoms. The molecule has 0 radical (unpaired) electrons. The van der Waals surface area contributed by atoms with Crippen LogP contribution in [-0.2, 0) is 11.3 Å². The average molecular weight is 327 g/mol. The number of carbonyl (C=O) groups is 1. The number of esters is 1. The van der Waals surface area contributed by atoms with Gasteiger partial charge in [-0.2, -0.15) is 0 Å².